The number of carbonyl (C=O) groups excluding carboxylic acids is 1. The molecule has 110 valence electrons. The van der Waals surface area contributed by atoms with Crippen molar-refractivity contribution in [3.05, 3.63) is 53.1 Å². The number of carbonyl (C=O) groups is 1. The van der Waals surface area contributed by atoms with Gasteiger partial charge in [0.05, 0.1) is 18.1 Å². The van der Waals surface area contributed by atoms with Crippen LogP contribution in [0.5, 0.6) is 5.75 Å². The first-order valence-corrected chi connectivity index (χ1v) is 6.97. The van der Waals surface area contributed by atoms with Crippen molar-refractivity contribution < 1.29 is 9.53 Å². The summed E-state index contributed by atoms with van der Waals surface area (Å²) in [6, 6.07) is 12.6. The van der Waals surface area contributed by atoms with E-state index in [0.717, 1.165) is 11.3 Å². The Balaban J connectivity index is 1.85. The Labute approximate surface area is 128 Å². The summed E-state index contributed by atoms with van der Waals surface area (Å²) in [7, 11) is 0. The number of nitrogens with one attached hydrogen (secondary N) is 1. The van der Waals surface area contributed by atoms with Crippen LogP contribution in [-0.2, 0) is 4.79 Å². The molecular weight excluding hydrogens is 288 g/mol. The van der Waals surface area contributed by atoms with Crippen LogP contribution in [0.2, 0.25) is 5.02 Å². The summed E-state index contributed by atoms with van der Waals surface area (Å²) in [4.78, 5) is 11.9. The molecule has 0 radical (unpaired) electrons. The van der Waals surface area contributed by atoms with Crippen molar-refractivity contribution in [3.63, 3.8) is 0 Å². The number of nitrogen functional groups attached to an aromatic ring is 1. The average Bonchev–Trinajstić information content (AvgIpc) is 2.45. The van der Waals surface area contributed by atoms with Gasteiger partial charge in [-0.15, -0.1) is 0 Å². The van der Waals surface area contributed by atoms with E-state index in [1.165, 1.54) is 0 Å². The van der Waals surface area contributed by atoms with Gasteiger partial charge in [-0.25, -0.2) is 0 Å². The quantitative estimate of drug-likeness (QED) is 0.829. The smallest absolute Gasteiger partial charge is 0.227 e. The van der Waals surface area contributed by atoms with Gasteiger partial charge in [-0.1, -0.05) is 29.8 Å². The Kier molecular flexibility index (Phi) is 5.06. The molecule has 1 amide bonds. The highest BCUT2D eigenvalue weighted by molar-refractivity contribution is 6.32. The third kappa shape index (κ3) is 4.39. The van der Waals surface area contributed by atoms with Crippen molar-refractivity contribution >= 4 is 28.9 Å². The molecule has 0 spiro atoms. The molecule has 0 unspecified atom stereocenters. The number of ether oxygens (including phenoxy) is 1. The molecule has 0 fully saturated rings. The Hall–Kier alpha value is -2.20. The molecule has 3 N–H and O–H groups in total. The van der Waals surface area contributed by atoms with Gasteiger partial charge in [-0.2, -0.15) is 0 Å². The van der Waals surface area contributed by atoms with E-state index in [0.29, 0.717) is 16.5 Å². The van der Waals surface area contributed by atoms with Crippen molar-refractivity contribution in [1.29, 1.82) is 0 Å². The number of benzene rings is 2. The first kappa shape index (κ1) is 15.2. The highest BCUT2D eigenvalue weighted by Gasteiger charge is 2.06. The summed E-state index contributed by atoms with van der Waals surface area (Å²) >= 11 is 5.97. The lowest BCUT2D eigenvalue weighted by atomic mass is 10.2. The molecule has 0 aromatic heterocycles. The summed E-state index contributed by atoms with van der Waals surface area (Å²) < 4.78 is 5.48. The molecule has 21 heavy (non-hydrogen) atoms. The topological polar surface area (TPSA) is 64.3 Å². The summed E-state index contributed by atoms with van der Waals surface area (Å²) in [6.45, 7) is 2.17. The van der Waals surface area contributed by atoms with Crippen LogP contribution < -0.4 is 15.8 Å². The van der Waals surface area contributed by atoms with Crippen LogP contribution in [0, 0.1) is 6.92 Å². The predicted molar refractivity (Wildman–Crippen MR) is 85.8 cm³/mol. The molecule has 0 atom stereocenters. The maximum Gasteiger partial charge on any atom is 0.227 e. The van der Waals surface area contributed by atoms with E-state index >= 15 is 0 Å². The van der Waals surface area contributed by atoms with Crippen molar-refractivity contribution in [2.24, 2.45) is 0 Å². The van der Waals surface area contributed by atoms with Gasteiger partial charge in [0.15, 0.2) is 0 Å². The zero-order valence-electron chi connectivity index (χ0n) is 11.7. The molecule has 5 heteroatoms. The highest BCUT2D eigenvalue weighted by Crippen LogP contribution is 2.23. The molecular formula is C16H17ClN2O2. The third-order valence-corrected chi connectivity index (χ3v) is 3.27. The second-order valence-electron chi connectivity index (χ2n) is 4.65. The minimum atomic E-state index is -0.129. The normalized spacial score (nSPS) is 10.2. The van der Waals surface area contributed by atoms with E-state index in [-0.39, 0.29) is 18.9 Å². The molecule has 0 bridgehead atoms. The fourth-order valence-corrected chi connectivity index (χ4v) is 1.99. The molecule has 0 saturated heterocycles. The lowest BCUT2D eigenvalue weighted by molar-refractivity contribution is -0.116. The Bertz CT molecular complexity index is 644. The molecule has 2 aromatic carbocycles. The maximum absolute atomic E-state index is 11.9. The van der Waals surface area contributed by atoms with Crippen molar-refractivity contribution in [2.45, 2.75) is 13.3 Å². The van der Waals surface area contributed by atoms with E-state index in [1.54, 1.807) is 24.3 Å². The van der Waals surface area contributed by atoms with E-state index < -0.39 is 0 Å². The zero-order chi connectivity index (χ0) is 15.2. The number of anilines is 2. The van der Waals surface area contributed by atoms with E-state index in [2.05, 4.69) is 5.32 Å². The van der Waals surface area contributed by atoms with Crippen LogP contribution in [0.3, 0.4) is 0 Å². The molecule has 0 saturated carbocycles. The number of hydrogen-bond donors (Lipinski definition) is 2. The van der Waals surface area contributed by atoms with Gasteiger partial charge in [0, 0.05) is 11.4 Å². The van der Waals surface area contributed by atoms with Gasteiger partial charge in [-0.05, 0) is 36.8 Å². The van der Waals surface area contributed by atoms with Crippen LogP contribution in [0.4, 0.5) is 11.4 Å². The van der Waals surface area contributed by atoms with Crippen LogP contribution in [0.25, 0.3) is 0 Å². The van der Waals surface area contributed by atoms with E-state index in [1.807, 2.05) is 25.1 Å². The maximum atomic E-state index is 11.9. The number of rotatable bonds is 5. The Morgan fingerprint density at radius 3 is 2.81 bits per heavy atom. The minimum Gasteiger partial charge on any atom is -0.491 e. The lowest BCUT2D eigenvalue weighted by Crippen LogP contribution is -2.16. The predicted octanol–water partition coefficient (Wildman–Crippen LogP) is 3.64. The second kappa shape index (κ2) is 6.99. The Morgan fingerprint density at radius 2 is 2.05 bits per heavy atom. The first-order valence-electron chi connectivity index (χ1n) is 6.59. The fraction of sp³-hybridized carbons (Fsp3) is 0.188. The molecule has 2 rings (SSSR count). The van der Waals surface area contributed by atoms with Crippen LogP contribution >= 0.6 is 11.6 Å². The second-order valence-corrected chi connectivity index (χ2v) is 5.06. The average molecular weight is 305 g/mol. The molecule has 0 aliphatic heterocycles. The fourth-order valence-electron chi connectivity index (χ4n) is 1.80. The van der Waals surface area contributed by atoms with E-state index in [4.69, 9.17) is 22.1 Å². The standard InChI is InChI=1S/C16H17ClN2O2/c1-11-6-7-12(18)10-14(11)19-16(20)8-9-21-15-5-3-2-4-13(15)17/h2-7,10H,8-9,18H2,1H3,(H,19,20). The molecule has 0 heterocycles. The van der Waals surface area contributed by atoms with Crippen LogP contribution in [-0.4, -0.2) is 12.5 Å². The van der Waals surface area contributed by atoms with Gasteiger partial charge >= 0.3 is 0 Å². The summed E-state index contributed by atoms with van der Waals surface area (Å²) in [5.74, 6) is 0.447. The van der Waals surface area contributed by atoms with Gasteiger partial charge in [-0.3, -0.25) is 4.79 Å². The number of halogens is 1. The lowest BCUT2D eigenvalue weighted by Gasteiger charge is -2.10. The molecule has 0 aliphatic rings. The summed E-state index contributed by atoms with van der Waals surface area (Å²) in [5, 5.41) is 3.35. The first-order chi connectivity index (χ1) is 10.1. The van der Waals surface area contributed by atoms with Crippen molar-refractivity contribution in [2.75, 3.05) is 17.7 Å². The number of para-hydroxylation sites is 1. The van der Waals surface area contributed by atoms with Gasteiger partial charge < -0.3 is 15.8 Å². The zero-order valence-corrected chi connectivity index (χ0v) is 12.5. The largest absolute Gasteiger partial charge is 0.491 e. The van der Waals surface area contributed by atoms with Crippen LogP contribution in [0.1, 0.15) is 12.0 Å². The number of hydrogen-bond acceptors (Lipinski definition) is 3. The monoisotopic (exact) mass is 304 g/mol. The third-order valence-electron chi connectivity index (χ3n) is 2.96. The van der Waals surface area contributed by atoms with Gasteiger partial charge in [0.25, 0.3) is 0 Å². The summed E-state index contributed by atoms with van der Waals surface area (Å²) in [6.07, 6.45) is 0.236. The highest BCUT2D eigenvalue weighted by atomic mass is 35.5. The minimum absolute atomic E-state index is 0.129. The van der Waals surface area contributed by atoms with E-state index in [9.17, 15) is 4.79 Å². The summed E-state index contributed by atoms with van der Waals surface area (Å²) in [5.41, 5.74) is 8.00. The Morgan fingerprint density at radius 1 is 1.29 bits per heavy atom. The van der Waals surface area contributed by atoms with Crippen molar-refractivity contribution in [1.82, 2.24) is 0 Å². The van der Waals surface area contributed by atoms with Gasteiger partial charge in [0.2, 0.25) is 5.91 Å². The SMILES string of the molecule is Cc1ccc(N)cc1NC(=O)CCOc1ccccc1Cl. The molecule has 2 aromatic rings. The molecule has 0 aliphatic carbocycles. The number of nitrogens with two attached hydrogens (primary N) is 1. The van der Waals surface area contributed by atoms with Crippen LogP contribution in [0.15, 0.2) is 42.5 Å². The number of aryl methyl sites for hydroxylation is 1. The van der Waals surface area contributed by atoms with Crippen molar-refractivity contribution in [3.8, 4) is 5.75 Å². The molecule has 4 nitrogen and oxygen atoms in total. The van der Waals surface area contributed by atoms with Gasteiger partial charge in [0.1, 0.15) is 5.75 Å². The number of amides is 1.